The Morgan fingerprint density at radius 1 is 1.69 bits per heavy atom. The Morgan fingerprint density at radius 3 is 3.00 bits per heavy atom. The largest absolute Gasteiger partial charge is 0.477 e. The van der Waals surface area contributed by atoms with E-state index in [-0.39, 0.29) is 5.56 Å². The summed E-state index contributed by atoms with van der Waals surface area (Å²) in [4.78, 5) is 20.5. The summed E-state index contributed by atoms with van der Waals surface area (Å²) in [6, 6.07) is 0. The molecule has 5 heteroatoms. The van der Waals surface area contributed by atoms with Gasteiger partial charge < -0.3 is 10.0 Å². The van der Waals surface area contributed by atoms with Crippen molar-refractivity contribution in [3.05, 3.63) is 18.1 Å². The smallest absolute Gasteiger partial charge is 0.341 e. The molecule has 0 amide bonds. The molecule has 0 bridgehead atoms. The number of hydrogen-bond donors (Lipinski definition) is 1. The van der Waals surface area contributed by atoms with E-state index in [1.165, 1.54) is 12.5 Å². The maximum Gasteiger partial charge on any atom is 0.341 e. The molecule has 5 nitrogen and oxygen atoms in total. The molecule has 84 valence electrons. The Morgan fingerprint density at radius 2 is 2.44 bits per heavy atom. The fourth-order valence-corrected chi connectivity index (χ4v) is 1.34. The number of terminal acetylenes is 1. The van der Waals surface area contributed by atoms with Gasteiger partial charge in [-0.25, -0.2) is 14.8 Å². The fourth-order valence-electron chi connectivity index (χ4n) is 1.34. The van der Waals surface area contributed by atoms with Gasteiger partial charge in [0, 0.05) is 25.7 Å². The lowest BCUT2D eigenvalue weighted by molar-refractivity contribution is 0.0696. The predicted molar refractivity (Wildman–Crippen MR) is 60.3 cm³/mol. The van der Waals surface area contributed by atoms with Gasteiger partial charge in [-0.1, -0.05) is 0 Å². The lowest BCUT2D eigenvalue weighted by Gasteiger charge is -2.21. The van der Waals surface area contributed by atoms with Crippen LogP contribution in [0.1, 0.15) is 23.7 Å². The molecule has 1 aromatic rings. The normalized spacial score (nSPS) is 9.50. The van der Waals surface area contributed by atoms with Crippen LogP contribution in [0.25, 0.3) is 0 Å². The van der Waals surface area contributed by atoms with E-state index in [0.29, 0.717) is 25.3 Å². The topological polar surface area (TPSA) is 66.3 Å². The van der Waals surface area contributed by atoms with E-state index in [2.05, 4.69) is 15.9 Å². The maximum absolute atomic E-state index is 11.0. The van der Waals surface area contributed by atoms with Crippen molar-refractivity contribution in [2.24, 2.45) is 0 Å². The highest BCUT2D eigenvalue weighted by Crippen LogP contribution is 2.15. The van der Waals surface area contributed by atoms with Crippen molar-refractivity contribution in [2.75, 3.05) is 18.0 Å². The average molecular weight is 219 g/mol. The Hall–Kier alpha value is -2.09. The summed E-state index contributed by atoms with van der Waals surface area (Å²) in [5.41, 5.74) is 0.0985. The number of carboxylic acid groups (broad SMARTS) is 1. The van der Waals surface area contributed by atoms with Crippen LogP contribution in [0.15, 0.2) is 12.5 Å². The Balaban J connectivity index is 3.00. The lowest BCUT2D eigenvalue weighted by Crippen LogP contribution is -2.27. The van der Waals surface area contributed by atoms with Gasteiger partial charge in [-0.05, 0) is 6.92 Å². The molecule has 0 aliphatic rings. The van der Waals surface area contributed by atoms with Crippen molar-refractivity contribution in [3.63, 3.8) is 0 Å². The first-order valence-corrected chi connectivity index (χ1v) is 4.92. The summed E-state index contributed by atoms with van der Waals surface area (Å²) in [7, 11) is 0. The molecule has 1 heterocycles. The highest BCUT2D eigenvalue weighted by Gasteiger charge is 2.15. The minimum absolute atomic E-state index is 0.0985. The number of nitrogens with zero attached hydrogens (tertiary/aromatic N) is 3. The number of rotatable bonds is 5. The molecule has 0 aliphatic carbocycles. The summed E-state index contributed by atoms with van der Waals surface area (Å²) in [6.07, 6.45) is 8.36. The molecule has 0 unspecified atom stereocenters. The average Bonchev–Trinajstić information content (AvgIpc) is 2.30. The predicted octanol–water partition coefficient (Wildman–Crippen LogP) is 1.02. The summed E-state index contributed by atoms with van der Waals surface area (Å²) in [5.74, 6) is 1.90. The third-order valence-corrected chi connectivity index (χ3v) is 2.13. The van der Waals surface area contributed by atoms with Crippen LogP contribution in [0.2, 0.25) is 0 Å². The summed E-state index contributed by atoms with van der Waals surface area (Å²) < 4.78 is 0. The van der Waals surface area contributed by atoms with Crippen LogP contribution in [0.5, 0.6) is 0 Å². The highest BCUT2D eigenvalue weighted by molar-refractivity contribution is 5.92. The number of anilines is 1. The van der Waals surface area contributed by atoms with E-state index < -0.39 is 5.97 Å². The first kappa shape index (κ1) is 12.0. The Labute approximate surface area is 94.1 Å². The van der Waals surface area contributed by atoms with E-state index >= 15 is 0 Å². The van der Waals surface area contributed by atoms with Gasteiger partial charge in [0.25, 0.3) is 0 Å². The molecule has 0 fully saturated rings. The zero-order valence-corrected chi connectivity index (χ0v) is 9.05. The van der Waals surface area contributed by atoms with Crippen LogP contribution in [0.3, 0.4) is 0 Å². The number of carboxylic acids is 1. The molecule has 1 aromatic heterocycles. The van der Waals surface area contributed by atoms with Crippen LogP contribution in [-0.4, -0.2) is 34.1 Å². The van der Waals surface area contributed by atoms with Gasteiger partial charge in [-0.3, -0.25) is 0 Å². The maximum atomic E-state index is 11.0. The van der Waals surface area contributed by atoms with Gasteiger partial charge in [0.05, 0.1) is 0 Å². The van der Waals surface area contributed by atoms with E-state index in [0.717, 1.165) is 0 Å². The highest BCUT2D eigenvalue weighted by atomic mass is 16.4. The van der Waals surface area contributed by atoms with Crippen LogP contribution >= 0.6 is 0 Å². The quantitative estimate of drug-likeness (QED) is 0.749. The molecular weight excluding hydrogens is 206 g/mol. The van der Waals surface area contributed by atoms with Crippen LogP contribution in [-0.2, 0) is 0 Å². The minimum Gasteiger partial charge on any atom is -0.477 e. The zero-order chi connectivity index (χ0) is 12.0. The molecular formula is C11H13N3O2. The van der Waals surface area contributed by atoms with Gasteiger partial charge in [-0.2, -0.15) is 0 Å². The fraction of sp³-hybridized carbons (Fsp3) is 0.364. The first-order valence-electron chi connectivity index (χ1n) is 4.92. The molecule has 1 rings (SSSR count). The molecule has 0 aliphatic heterocycles. The molecule has 0 radical (unpaired) electrons. The third kappa shape index (κ3) is 2.70. The van der Waals surface area contributed by atoms with Crippen molar-refractivity contribution in [2.45, 2.75) is 13.3 Å². The van der Waals surface area contributed by atoms with Crippen molar-refractivity contribution in [3.8, 4) is 12.3 Å². The van der Waals surface area contributed by atoms with Gasteiger partial charge in [0.2, 0.25) is 0 Å². The number of aromatic nitrogens is 2. The van der Waals surface area contributed by atoms with Gasteiger partial charge in [0.1, 0.15) is 17.7 Å². The lowest BCUT2D eigenvalue weighted by atomic mass is 10.2. The Kier molecular flexibility index (Phi) is 4.28. The molecule has 0 atom stereocenters. The van der Waals surface area contributed by atoms with Crippen LogP contribution < -0.4 is 4.90 Å². The summed E-state index contributed by atoms with van der Waals surface area (Å²) >= 11 is 0. The standard InChI is InChI=1S/C11H13N3O2/c1-3-5-6-14(4-2)10-9(11(15)16)7-12-8-13-10/h1,7-8H,4-6H2,2H3,(H,15,16). The van der Waals surface area contributed by atoms with Crippen LogP contribution in [0, 0.1) is 12.3 Å². The third-order valence-electron chi connectivity index (χ3n) is 2.13. The van der Waals surface area contributed by atoms with E-state index in [4.69, 9.17) is 11.5 Å². The second kappa shape index (κ2) is 5.71. The minimum atomic E-state index is -1.03. The van der Waals surface area contributed by atoms with Crippen LogP contribution in [0.4, 0.5) is 5.82 Å². The van der Waals surface area contributed by atoms with Gasteiger partial charge in [0.15, 0.2) is 0 Å². The molecule has 0 saturated heterocycles. The SMILES string of the molecule is C#CCCN(CC)c1ncncc1C(=O)O. The van der Waals surface area contributed by atoms with E-state index in [1.54, 1.807) is 0 Å². The molecule has 1 N–H and O–H groups in total. The van der Waals surface area contributed by atoms with E-state index in [1.807, 2.05) is 11.8 Å². The van der Waals surface area contributed by atoms with Crippen molar-refractivity contribution >= 4 is 11.8 Å². The number of carbonyl (C=O) groups is 1. The second-order valence-corrected chi connectivity index (χ2v) is 3.10. The summed E-state index contributed by atoms with van der Waals surface area (Å²) in [6.45, 7) is 3.16. The first-order chi connectivity index (χ1) is 7.70. The zero-order valence-electron chi connectivity index (χ0n) is 9.05. The van der Waals surface area contributed by atoms with E-state index in [9.17, 15) is 4.79 Å². The Bertz CT molecular complexity index is 412. The van der Waals surface area contributed by atoms with Crippen molar-refractivity contribution in [1.82, 2.24) is 9.97 Å². The summed E-state index contributed by atoms with van der Waals surface area (Å²) in [5, 5.41) is 8.99. The second-order valence-electron chi connectivity index (χ2n) is 3.10. The number of aromatic carboxylic acids is 1. The molecule has 0 saturated carbocycles. The molecule has 0 spiro atoms. The monoisotopic (exact) mass is 219 g/mol. The molecule has 16 heavy (non-hydrogen) atoms. The van der Waals surface area contributed by atoms with Crippen molar-refractivity contribution in [1.29, 1.82) is 0 Å². The van der Waals surface area contributed by atoms with Crippen molar-refractivity contribution < 1.29 is 9.90 Å². The molecule has 0 aromatic carbocycles. The van der Waals surface area contributed by atoms with Gasteiger partial charge >= 0.3 is 5.97 Å². The van der Waals surface area contributed by atoms with Gasteiger partial charge in [-0.15, -0.1) is 12.3 Å². The number of hydrogen-bond acceptors (Lipinski definition) is 4.